The quantitative estimate of drug-likeness (QED) is 0.796. The number of hydrogen-bond acceptors (Lipinski definition) is 4. The first-order valence-electron chi connectivity index (χ1n) is 7.02. The fraction of sp³-hybridized carbons (Fsp3) is 0.533. The van der Waals surface area contributed by atoms with Gasteiger partial charge in [-0.05, 0) is 39.8 Å². The summed E-state index contributed by atoms with van der Waals surface area (Å²) in [6.45, 7) is 9.59. The number of rotatable bonds is 8. The van der Waals surface area contributed by atoms with E-state index in [4.69, 9.17) is 14.2 Å². The summed E-state index contributed by atoms with van der Waals surface area (Å²) in [6.07, 6.45) is 0. The summed E-state index contributed by atoms with van der Waals surface area (Å²) in [6, 6.07) is 3.37. The van der Waals surface area contributed by atoms with E-state index in [1.165, 1.54) is 0 Å². The van der Waals surface area contributed by atoms with Crippen molar-refractivity contribution in [2.45, 2.75) is 27.7 Å². The standard InChI is InChI=1S/C15H23NO4/c1-5-16-15(17)11-9-12(18-6-2)14(20-8-4)13(10-11)19-7-3/h9-10H,5-8H2,1-4H3,(H,16,17). The molecule has 0 aromatic heterocycles. The lowest BCUT2D eigenvalue weighted by molar-refractivity contribution is 0.0954. The number of benzene rings is 1. The van der Waals surface area contributed by atoms with Gasteiger partial charge in [0.25, 0.3) is 5.91 Å². The summed E-state index contributed by atoms with van der Waals surface area (Å²) < 4.78 is 16.7. The fourth-order valence-electron chi connectivity index (χ4n) is 1.78. The first kappa shape index (κ1) is 16.1. The maximum absolute atomic E-state index is 12.0. The van der Waals surface area contributed by atoms with Crippen LogP contribution in [0.2, 0.25) is 0 Å². The minimum atomic E-state index is -0.155. The zero-order valence-electron chi connectivity index (χ0n) is 12.6. The topological polar surface area (TPSA) is 56.8 Å². The van der Waals surface area contributed by atoms with Gasteiger partial charge in [-0.1, -0.05) is 0 Å². The van der Waals surface area contributed by atoms with Crippen LogP contribution in [0.25, 0.3) is 0 Å². The Morgan fingerprint density at radius 3 is 1.85 bits per heavy atom. The molecule has 0 saturated carbocycles. The van der Waals surface area contributed by atoms with Gasteiger partial charge < -0.3 is 19.5 Å². The molecule has 5 nitrogen and oxygen atoms in total. The van der Waals surface area contributed by atoms with Crippen LogP contribution in [0.4, 0.5) is 0 Å². The molecule has 0 spiro atoms. The van der Waals surface area contributed by atoms with E-state index < -0.39 is 0 Å². The van der Waals surface area contributed by atoms with Gasteiger partial charge in [0.05, 0.1) is 19.8 Å². The van der Waals surface area contributed by atoms with Crippen molar-refractivity contribution in [2.75, 3.05) is 26.4 Å². The molecule has 5 heteroatoms. The van der Waals surface area contributed by atoms with Crippen LogP contribution in [0.5, 0.6) is 17.2 Å². The van der Waals surface area contributed by atoms with E-state index in [9.17, 15) is 4.79 Å². The average Bonchev–Trinajstić information content (AvgIpc) is 2.43. The fourth-order valence-corrected chi connectivity index (χ4v) is 1.78. The van der Waals surface area contributed by atoms with Crippen LogP contribution in [-0.4, -0.2) is 32.3 Å². The second kappa shape index (κ2) is 8.30. The normalized spacial score (nSPS) is 10.0. The molecule has 0 saturated heterocycles. The number of nitrogens with one attached hydrogen (secondary N) is 1. The summed E-state index contributed by atoms with van der Waals surface area (Å²) in [5.41, 5.74) is 0.502. The van der Waals surface area contributed by atoms with Crippen molar-refractivity contribution in [3.63, 3.8) is 0 Å². The van der Waals surface area contributed by atoms with Crippen LogP contribution < -0.4 is 19.5 Å². The molecule has 1 aromatic carbocycles. The van der Waals surface area contributed by atoms with E-state index >= 15 is 0 Å². The van der Waals surface area contributed by atoms with Crippen molar-refractivity contribution >= 4 is 5.91 Å². The smallest absolute Gasteiger partial charge is 0.251 e. The van der Waals surface area contributed by atoms with E-state index in [1.54, 1.807) is 12.1 Å². The molecular formula is C15H23NO4. The Hall–Kier alpha value is -1.91. The van der Waals surface area contributed by atoms with E-state index in [0.29, 0.717) is 49.2 Å². The molecule has 112 valence electrons. The highest BCUT2D eigenvalue weighted by Crippen LogP contribution is 2.39. The molecule has 1 N–H and O–H groups in total. The SMILES string of the molecule is CCNC(=O)c1cc(OCC)c(OCC)c(OCC)c1. The monoisotopic (exact) mass is 281 g/mol. The van der Waals surface area contributed by atoms with Crippen LogP contribution in [0.15, 0.2) is 12.1 Å². The second-order valence-corrected chi connectivity index (χ2v) is 3.96. The Morgan fingerprint density at radius 1 is 0.950 bits per heavy atom. The van der Waals surface area contributed by atoms with Gasteiger partial charge in [-0.15, -0.1) is 0 Å². The summed E-state index contributed by atoms with van der Waals surface area (Å²) >= 11 is 0. The molecular weight excluding hydrogens is 258 g/mol. The van der Waals surface area contributed by atoms with Gasteiger partial charge in [0.15, 0.2) is 11.5 Å². The Labute approximate surface area is 120 Å². The van der Waals surface area contributed by atoms with Crippen molar-refractivity contribution in [2.24, 2.45) is 0 Å². The second-order valence-electron chi connectivity index (χ2n) is 3.96. The first-order chi connectivity index (χ1) is 9.67. The van der Waals surface area contributed by atoms with E-state index in [-0.39, 0.29) is 5.91 Å². The van der Waals surface area contributed by atoms with Crippen LogP contribution in [0.1, 0.15) is 38.1 Å². The molecule has 0 aliphatic heterocycles. The third-order valence-electron chi connectivity index (χ3n) is 2.51. The highest BCUT2D eigenvalue weighted by atomic mass is 16.5. The summed E-state index contributed by atoms with van der Waals surface area (Å²) in [4.78, 5) is 12.0. The highest BCUT2D eigenvalue weighted by Gasteiger charge is 2.17. The average molecular weight is 281 g/mol. The molecule has 0 aliphatic rings. The van der Waals surface area contributed by atoms with Crippen molar-refractivity contribution < 1.29 is 19.0 Å². The van der Waals surface area contributed by atoms with Gasteiger partial charge in [0, 0.05) is 12.1 Å². The number of carbonyl (C=O) groups excluding carboxylic acids is 1. The lowest BCUT2D eigenvalue weighted by Gasteiger charge is -2.16. The minimum Gasteiger partial charge on any atom is -0.490 e. The van der Waals surface area contributed by atoms with Gasteiger partial charge in [0.1, 0.15) is 0 Å². The van der Waals surface area contributed by atoms with Crippen LogP contribution >= 0.6 is 0 Å². The number of carbonyl (C=O) groups is 1. The Balaban J connectivity index is 3.25. The molecule has 0 fully saturated rings. The van der Waals surface area contributed by atoms with Crippen LogP contribution in [0, 0.1) is 0 Å². The summed E-state index contributed by atoms with van der Waals surface area (Å²) in [5.74, 6) is 1.45. The van der Waals surface area contributed by atoms with Gasteiger partial charge >= 0.3 is 0 Å². The third-order valence-corrected chi connectivity index (χ3v) is 2.51. The number of hydrogen-bond donors (Lipinski definition) is 1. The van der Waals surface area contributed by atoms with E-state index in [1.807, 2.05) is 27.7 Å². The predicted octanol–water partition coefficient (Wildman–Crippen LogP) is 2.63. The van der Waals surface area contributed by atoms with E-state index in [2.05, 4.69) is 5.32 Å². The van der Waals surface area contributed by atoms with Crippen molar-refractivity contribution in [1.82, 2.24) is 5.32 Å². The van der Waals surface area contributed by atoms with Crippen molar-refractivity contribution in [3.05, 3.63) is 17.7 Å². The maximum atomic E-state index is 12.0. The molecule has 0 atom stereocenters. The Kier molecular flexibility index (Phi) is 6.70. The van der Waals surface area contributed by atoms with Crippen LogP contribution in [-0.2, 0) is 0 Å². The van der Waals surface area contributed by atoms with Gasteiger partial charge in [-0.2, -0.15) is 0 Å². The van der Waals surface area contributed by atoms with Crippen molar-refractivity contribution in [3.8, 4) is 17.2 Å². The minimum absolute atomic E-state index is 0.155. The zero-order chi connectivity index (χ0) is 15.0. The molecule has 0 unspecified atom stereocenters. The number of ether oxygens (including phenoxy) is 3. The van der Waals surface area contributed by atoms with Gasteiger partial charge in [-0.25, -0.2) is 0 Å². The zero-order valence-corrected chi connectivity index (χ0v) is 12.6. The molecule has 20 heavy (non-hydrogen) atoms. The highest BCUT2D eigenvalue weighted by molar-refractivity contribution is 5.95. The molecule has 1 amide bonds. The lowest BCUT2D eigenvalue weighted by atomic mass is 10.1. The molecule has 0 radical (unpaired) electrons. The predicted molar refractivity (Wildman–Crippen MR) is 78.0 cm³/mol. The summed E-state index contributed by atoms with van der Waals surface area (Å²) in [7, 11) is 0. The maximum Gasteiger partial charge on any atom is 0.251 e. The molecule has 0 heterocycles. The molecule has 0 aliphatic carbocycles. The number of amides is 1. The molecule has 1 rings (SSSR count). The van der Waals surface area contributed by atoms with Gasteiger partial charge in [0.2, 0.25) is 5.75 Å². The molecule has 1 aromatic rings. The Bertz CT molecular complexity index is 418. The lowest BCUT2D eigenvalue weighted by Crippen LogP contribution is -2.22. The summed E-state index contributed by atoms with van der Waals surface area (Å²) in [5, 5.41) is 2.76. The van der Waals surface area contributed by atoms with Gasteiger partial charge in [-0.3, -0.25) is 4.79 Å². The largest absolute Gasteiger partial charge is 0.490 e. The van der Waals surface area contributed by atoms with Crippen LogP contribution in [0.3, 0.4) is 0 Å². The molecule has 0 bridgehead atoms. The Morgan fingerprint density at radius 2 is 1.45 bits per heavy atom. The van der Waals surface area contributed by atoms with Crippen molar-refractivity contribution in [1.29, 1.82) is 0 Å². The third kappa shape index (κ3) is 4.05. The van der Waals surface area contributed by atoms with E-state index in [0.717, 1.165) is 0 Å². The first-order valence-corrected chi connectivity index (χ1v) is 7.02.